The van der Waals surface area contributed by atoms with E-state index in [1.165, 1.54) is 25.0 Å². The molecule has 0 aromatic heterocycles. The zero-order valence-electron chi connectivity index (χ0n) is 15.6. The first-order valence-corrected chi connectivity index (χ1v) is 8.55. The van der Waals surface area contributed by atoms with Gasteiger partial charge in [0.1, 0.15) is 13.2 Å². The van der Waals surface area contributed by atoms with Crippen molar-refractivity contribution in [2.45, 2.75) is 44.3 Å². The van der Waals surface area contributed by atoms with E-state index in [1.54, 1.807) is 0 Å². The monoisotopic (exact) mass is 408 g/mol. The van der Waals surface area contributed by atoms with Gasteiger partial charge in [-0.15, -0.1) is 0 Å². The number of rotatable bonds is 16. The highest BCUT2D eigenvalue weighted by atomic mass is 16.6. The van der Waals surface area contributed by atoms with Crippen molar-refractivity contribution in [3.05, 3.63) is 0 Å². The van der Waals surface area contributed by atoms with Crippen LogP contribution < -0.4 is 0 Å². The molecule has 0 N–H and O–H groups in total. The molecule has 0 aliphatic carbocycles. The highest BCUT2D eigenvalue weighted by Crippen LogP contribution is 2.07. The third kappa shape index (κ3) is 13.0. The topological polar surface area (TPSA) is 185 Å². The number of hydrogen-bond acceptors (Lipinski definition) is 12. The van der Waals surface area contributed by atoms with Crippen LogP contribution in [0.1, 0.15) is 32.1 Å². The van der Waals surface area contributed by atoms with Crippen LogP contribution in [0.4, 0.5) is 0 Å². The second kappa shape index (κ2) is 17.5. The highest BCUT2D eigenvalue weighted by molar-refractivity contribution is 5.75. The van der Waals surface area contributed by atoms with E-state index in [4.69, 9.17) is 30.5 Å². The third-order valence-corrected chi connectivity index (χ3v) is 3.25. The number of carbonyl (C=O) groups is 2. The quantitative estimate of drug-likeness (QED) is 0.198. The molecule has 29 heavy (non-hydrogen) atoms. The minimum absolute atomic E-state index is 0.0829. The highest BCUT2D eigenvalue weighted by Gasteiger charge is 2.23. The maximum atomic E-state index is 11.9. The average Bonchev–Trinajstić information content (AvgIpc) is 2.72. The molecule has 0 aromatic carbocycles. The number of nitrogens with zero attached hydrogens (tertiary/aromatic N) is 4. The lowest BCUT2D eigenvalue weighted by Crippen LogP contribution is -2.27. The molecule has 0 aromatic rings. The molecule has 2 unspecified atom stereocenters. The van der Waals surface area contributed by atoms with Gasteiger partial charge in [-0.1, -0.05) is 0 Å². The van der Waals surface area contributed by atoms with Gasteiger partial charge in [0.15, 0.2) is 0 Å². The van der Waals surface area contributed by atoms with Crippen molar-refractivity contribution in [1.29, 1.82) is 21.0 Å². The lowest BCUT2D eigenvalue weighted by Gasteiger charge is -2.14. The fourth-order valence-electron chi connectivity index (χ4n) is 1.94. The van der Waals surface area contributed by atoms with E-state index < -0.39 is 24.1 Å². The second-order valence-electron chi connectivity index (χ2n) is 5.25. The standard InChI is InChI=1S/C17H20N4O8/c18-10-24-6-1-4-14(28-12-20)16(22)26-8-3-9-27-17(23)15(29-13-21)5-2-7-25-11-19/h14-15H,1-9H2. The molecule has 0 spiro atoms. The zero-order valence-corrected chi connectivity index (χ0v) is 15.6. The fourth-order valence-corrected chi connectivity index (χ4v) is 1.94. The number of hydrogen-bond donors (Lipinski definition) is 0. The van der Waals surface area contributed by atoms with E-state index in [-0.39, 0.29) is 45.7 Å². The Morgan fingerprint density at radius 2 is 1.03 bits per heavy atom. The molecule has 0 fully saturated rings. The molecule has 12 heteroatoms. The van der Waals surface area contributed by atoms with Crippen molar-refractivity contribution in [2.75, 3.05) is 26.4 Å². The number of esters is 2. The molecule has 0 bridgehead atoms. The van der Waals surface area contributed by atoms with Crippen LogP contribution >= 0.6 is 0 Å². The van der Waals surface area contributed by atoms with Crippen molar-refractivity contribution < 1.29 is 38.0 Å². The summed E-state index contributed by atoms with van der Waals surface area (Å²) in [6.07, 6.45) is 4.61. The number of nitriles is 4. The molecule has 12 nitrogen and oxygen atoms in total. The van der Waals surface area contributed by atoms with Gasteiger partial charge in [-0.2, -0.15) is 21.0 Å². The van der Waals surface area contributed by atoms with Crippen LogP contribution in [-0.2, 0) is 38.0 Å². The molecular weight excluding hydrogens is 388 g/mol. The smallest absolute Gasteiger partial charge is 0.348 e. The zero-order chi connectivity index (χ0) is 21.7. The maximum absolute atomic E-state index is 11.9. The molecule has 0 saturated heterocycles. The van der Waals surface area contributed by atoms with E-state index in [0.717, 1.165) is 0 Å². The molecule has 0 aliphatic heterocycles. The van der Waals surface area contributed by atoms with E-state index in [9.17, 15) is 9.59 Å². The average molecular weight is 408 g/mol. The minimum Gasteiger partial charge on any atom is -0.463 e. The van der Waals surface area contributed by atoms with Gasteiger partial charge < -0.3 is 28.4 Å². The molecule has 156 valence electrons. The summed E-state index contributed by atoms with van der Waals surface area (Å²) in [5, 5.41) is 33.6. The largest absolute Gasteiger partial charge is 0.463 e. The Labute approximate surface area is 167 Å². The molecule has 0 rings (SSSR count). The summed E-state index contributed by atoms with van der Waals surface area (Å²) < 4.78 is 28.1. The van der Waals surface area contributed by atoms with Gasteiger partial charge in [0.25, 0.3) is 25.0 Å². The predicted octanol–water partition coefficient (Wildman–Crippen LogP) is 0.751. The van der Waals surface area contributed by atoms with Crippen molar-refractivity contribution in [3.63, 3.8) is 0 Å². The van der Waals surface area contributed by atoms with Gasteiger partial charge in [0.2, 0.25) is 12.2 Å². The van der Waals surface area contributed by atoms with Gasteiger partial charge >= 0.3 is 11.9 Å². The first kappa shape index (κ1) is 25.1. The van der Waals surface area contributed by atoms with E-state index in [0.29, 0.717) is 12.8 Å². The number of carbonyl (C=O) groups excluding carboxylic acids is 2. The Hall–Kier alpha value is -3.90. The maximum Gasteiger partial charge on any atom is 0.348 e. The van der Waals surface area contributed by atoms with Gasteiger partial charge in [0.05, 0.1) is 13.2 Å². The van der Waals surface area contributed by atoms with Crippen LogP contribution in [0.3, 0.4) is 0 Å². The molecular formula is C17H20N4O8. The van der Waals surface area contributed by atoms with Crippen molar-refractivity contribution >= 4 is 11.9 Å². The van der Waals surface area contributed by atoms with Gasteiger partial charge in [0, 0.05) is 6.42 Å². The lowest BCUT2D eigenvalue weighted by molar-refractivity contribution is -0.156. The summed E-state index contributed by atoms with van der Waals surface area (Å²) in [5.41, 5.74) is 0. The van der Waals surface area contributed by atoms with E-state index in [1.807, 2.05) is 0 Å². The van der Waals surface area contributed by atoms with Gasteiger partial charge in [-0.3, -0.25) is 0 Å². The van der Waals surface area contributed by atoms with Crippen LogP contribution in [0, 0.1) is 46.1 Å². The van der Waals surface area contributed by atoms with Crippen molar-refractivity contribution in [3.8, 4) is 25.0 Å². The first-order valence-electron chi connectivity index (χ1n) is 8.55. The lowest BCUT2D eigenvalue weighted by atomic mass is 10.2. The normalized spacial score (nSPS) is 11.2. The minimum atomic E-state index is -1.12. The predicted molar refractivity (Wildman–Crippen MR) is 89.1 cm³/mol. The van der Waals surface area contributed by atoms with E-state index in [2.05, 4.69) is 18.9 Å². The molecule has 0 aliphatic rings. The van der Waals surface area contributed by atoms with Gasteiger partial charge in [-0.05, 0) is 25.7 Å². The summed E-state index contributed by atoms with van der Waals surface area (Å²) in [6.45, 7) is -0.0169. The summed E-state index contributed by atoms with van der Waals surface area (Å²) >= 11 is 0. The van der Waals surface area contributed by atoms with E-state index >= 15 is 0 Å². The van der Waals surface area contributed by atoms with Crippen LogP contribution in [0.25, 0.3) is 0 Å². The molecule has 2 atom stereocenters. The third-order valence-electron chi connectivity index (χ3n) is 3.25. The second-order valence-corrected chi connectivity index (χ2v) is 5.25. The fraction of sp³-hybridized carbons (Fsp3) is 0.647. The summed E-state index contributed by atoms with van der Waals surface area (Å²) in [7, 11) is 0. The van der Waals surface area contributed by atoms with Crippen LogP contribution in [0.15, 0.2) is 0 Å². The number of ether oxygens (including phenoxy) is 6. The SMILES string of the molecule is N#COCCCC(OC#N)C(=O)OCCCOC(=O)C(CCCOC#N)OC#N. The summed E-state index contributed by atoms with van der Waals surface area (Å²) in [6, 6.07) is 0. The van der Waals surface area contributed by atoms with Crippen LogP contribution in [0.5, 0.6) is 0 Å². The molecule has 0 saturated carbocycles. The van der Waals surface area contributed by atoms with Crippen molar-refractivity contribution in [1.82, 2.24) is 0 Å². The Morgan fingerprint density at radius 3 is 1.38 bits per heavy atom. The summed E-state index contributed by atoms with van der Waals surface area (Å²) in [4.78, 5) is 23.7. The van der Waals surface area contributed by atoms with Crippen molar-refractivity contribution in [2.24, 2.45) is 0 Å². The molecule has 0 radical (unpaired) electrons. The Morgan fingerprint density at radius 1 is 0.621 bits per heavy atom. The van der Waals surface area contributed by atoms with Crippen LogP contribution in [0.2, 0.25) is 0 Å². The Balaban J connectivity index is 4.13. The Bertz CT molecular complexity index is 602. The summed E-state index contributed by atoms with van der Waals surface area (Å²) in [5.74, 6) is -1.53. The Kier molecular flexibility index (Phi) is 15.2. The molecule has 0 heterocycles. The first-order chi connectivity index (χ1) is 14.1. The molecule has 0 amide bonds. The van der Waals surface area contributed by atoms with Crippen LogP contribution in [-0.4, -0.2) is 50.6 Å². The van der Waals surface area contributed by atoms with Gasteiger partial charge in [-0.25, -0.2) is 9.59 Å².